The fourth-order valence-corrected chi connectivity index (χ4v) is 2.98. The van der Waals surface area contributed by atoms with Gasteiger partial charge in [0.15, 0.2) is 5.65 Å². The van der Waals surface area contributed by atoms with Gasteiger partial charge in [0.1, 0.15) is 5.69 Å². The second kappa shape index (κ2) is 7.99. The Morgan fingerprint density at radius 1 is 1.11 bits per heavy atom. The van der Waals surface area contributed by atoms with Gasteiger partial charge in [0.2, 0.25) is 5.91 Å². The number of rotatable bonds is 7. The van der Waals surface area contributed by atoms with Gasteiger partial charge in [-0.05, 0) is 31.9 Å². The Bertz CT molecular complexity index is 965. The van der Waals surface area contributed by atoms with Crippen molar-refractivity contribution in [2.75, 3.05) is 13.1 Å². The molecule has 7 heteroatoms. The van der Waals surface area contributed by atoms with Crippen molar-refractivity contribution in [3.05, 3.63) is 65.1 Å². The molecule has 0 saturated heterocycles. The molecule has 0 saturated carbocycles. The van der Waals surface area contributed by atoms with E-state index in [0.717, 1.165) is 17.0 Å². The lowest BCUT2D eigenvalue weighted by Gasteiger charge is -2.22. The predicted molar refractivity (Wildman–Crippen MR) is 102 cm³/mol. The van der Waals surface area contributed by atoms with Crippen LogP contribution in [0.15, 0.2) is 42.5 Å². The maximum absolute atomic E-state index is 13.1. The van der Waals surface area contributed by atoms with Crippen LogP contribution < -0.4 is 5.73 Å². The molecule has 2 N–H and O–H groups in total. The van der Waals surface area contributed by atoms with Crippen molar-refractivity contribution >= 4 is 17.5 Å². The summed E-state index contributed by atoms with van der Waals surface area (Å²) < 4.78 is 1.71. The highest BCUT2D eigenvalue weighted by Crippen LogP contribution is 2.12. The van der Waals surface area contributed by atoms with E-state index in [9.17, 15) is 9.59 Å². The van der Waals surface area contributed by atoms with E-state index in [1.807, 2.05) is 50.2 Å². The average Bonchev–Trinajstić information content (AvgIpc) is 3.03. The third-order valence-electron chi connectivity index (χ3n) is 4.38. The second-order valence-corrected chi connectivity index (χ2v) is 6.58. The van der Waals surface area contributed by atoms with Crippen LogP contribution in [-0.4, -0.2) is 44.4 Å². The van der Waals surface area contributed by atoms with Gasteiger partial charge in [-0.3, -0.25) is 9.59 Å². The number of carbonyl (C=O) groups is 2. The first-order valence-corrected chi connectivity index (χ1v) is 8.89. The minimum atomic E-state index is -0.432. The smallest absolute Gasteiger partial charge is 0.272 e. The van der Waals surface area contributed by atoms with Crippen molar-refractivity contribution in [2.24, 2.45) is 5.73 Å². The van der Waals surface area contributed by atoms with E-state index >= 15 is 0 Å². The van der Waals surface area contributed by atoms with Gasteiger partial charge < -0.3 is 10.6 Å². The molecule has 0 aliphatic rings. The van der Waals surface area contributed by atoms with Crippen LogP contribution in [0.2, 0.25) is 0 Å². The average molecular weight is 365 g/mol. The maximum atomic E-state index is 13.1. The van der Waals surface area contributed by atoms with Gasteiger partial charge in [0.25, 0.3) is 5.91 Å². The van der Waals surface area contributed by atoms with E-state index in [2.05, 4.69) is 10.1 Å². The number of carbonyl (C=O) groups excluding carboxylic acids is 2. The second-order valence-electron chi connectivity index (χ2n) is 6.58. The van der Waals surface area contributed by atoms with Crippen molar-refractivity contribution in [1.82, 2.24) is 19.5 Å². The molecule has 1 aromatic carbocycles. The van der Waals surface area contributed by atoms with Gasteiger partial charge in [0, 0.05) is 31.3 Å². The molecule has 27 heavy (non-hydrogen) atoms. The molecule has 0 radical (unpaired) electrons. The number of amides is 2. The third-order valence-corrected chi connectivity index (χ3v) is 4.38. The van der Waals surface area contributed by atoms with E-state index in [-0.39, 0.29) is 18.9 Å². The quantitative estimate of drug-likeness (QED) is 0.692. The number of benzene rings is 1. The van der Waals surface area contributed by atoms with Crippen molar-refractivity contribution in [1.29, 1.82) is 0 Å². The number of primary amides is 1. The number of aromatic nitrogens is 3. The largest absolute Gasteiger partial charge is 0.370 e. The van der Waals surface area contributed by atoms with E-state index in [4.69, 9.17) is 5.73 Å². The molecule has 0 aliphatic heterocycles. The van der Waals surface area contributed by atoms with Crippen molar-refractivity contribution in [2.45, 2.75) is 26.7 Å². The molecule has 0 bridgehead atoms. The molecule has 0 atom stereocenters. The number of nitrogens with two attached hydrogens (primary N) is 1. The zero-order chi connectivity index (χ0) is 19.4. The number of fused-ring (bicyclic) bond motifs is 1. The fourth-order valence-electron chi connectivity index (χ4n) is 2.98. The number of nitrogens with zero attached hydrogens (tertiary/aromatic N) is 4. The molecule has 0 unspecified atom stereocenters. The first kappa shape index (κ1) is 18.6. The Morgan fingerprint density at radius 3 is 2.56 bits per heavy atom. The van der Waals surface area contributed by atoms with E-state index < -0.39 is 5.91 Å². The summed E-state index contributed by atoms with van der Waals surface area (Å²) in [6, 6.07) is 13.5. The highest BCUT2D eigenvalue weighted by molar-refractivity contribution is 5.93. The molecular weight excluding hydrogens is 342 g/mol. The maximum Gasteiger partial charge on any atom is 0.272 e. The van der Waals surface area contributed by atoms with Crippen LogP contribution >= 0.6 is 0 Å². The van der Waals surface area contributed by atoms with Crippen molar-refractivity contribution in [3.8, 4) is 0 Å². The SMILES string of the molecule is Cc1cc2nc(C(=O)N(CCC(N)=O)CCc3ccccc3)cc(C)n2n1. The van der Waals surface area contributed by atoms with Gasteiger partial charge >= 0.3 is 0 Å². The molecule has 0 fully saturated rings. The first-order chi connectivity index (χ1) is 12.9. The summed E-state index contributed by atoms with van der Waals surface area (Å²) in [5.74, 6) is -0.643. The van der Waals surface area contributed by atoms with Gasteiger partial charge in [-0.1, -0.05) is 30.3 Å². The van der Waals surface area contributed by atoms with E-state index in [0.29, 0.717) is 24.3 Å². The van der Waals surface area contributed by atoms with Crippen LogP contribution in [0.4, 0.5) is 0 Å². The van der Waals surface area contributed by atoms with Gasteiger partial charge in [-0.15, -0.1) is 0 Å². The minimum absolute atomic E-state index is 0.119. The highest BCUT2D eigenvalue weighted by Gasteiger charge is 2.19. The molecule has 0 spiro atoms. The lowest BCUT2D eigenvalue weighted by Crippen LogP contribution is -2.36. The zero-order valence-corrected chi connectivity index (χ0v) is 15.6. The van der Waals surface area contributed by atoms with Crippen LogP contribution in [0.25, 0.3) is 5.65 Å². The Balaban J connectivity index is 1.83. The summed E-state index contributed by atoms with van der Waals surface area (Å²) in [4.78, 5) is 30.4. The van der Waals surface area contributed by atoms with Crippen LogP contribution in [-0.2, 0) is 11.2 Å². The minimum Gasteiger partial charge on any atom is -0.370 e. The molecular formula is C20H23N5O2. The van der Waals surface area contributed by atoms with Gasteiger partial charge in [-0.2, -0.15) is 5.10 Å². The zero-order valence-electron chi connectivity index (χ0n) is 15.6. The molecule has 140 valence electrons. The Hall–Kier alpha value is -3.22. The third kappa shape index (κ3) is 4.49. The Morgan fingerprint density at radius 2 is 1.85 bits per heavy atom. The highest BCUT2D eigenvalue weighted by atomic mass is 16.2. The van der Waals surface area contributed by atoms with Crippen LogP contribution in [0.5, 0.6) is 0 Å². The molecule has 2 heterocycles. The Labute approximate surface area is 157 Å². The van der Waals surface area contributed by atoms with Gasteiger partial charge in [0.05, 0.1) is 5.69 Å². The molecule has 3 rings (SSSR count). The van der Waals surface area contributed by atoms with Gasteiger partial charge in [-0.25, -0.2) is 9.50 Å². The lowest BCUT2D eigenvalue weighted by molar-refractivity contribution is -0.118. The summed E-state index contributed by atoms with van der Waals surface area (Å²) in [5.41, 5.74) is 9.05. The van der Waals surface area contributed by atoms with Crippen molar-refractivity contribution < 1.29 is 9.59 Å². The summed E-state index contributed by atoms with van der Waals surface area (Å²) in [7, 11) is 0. The van der Waals surface area contributed by atoms with E-state index in [1.165, 1.54) is 0 Å². The summed E-state index contributed by atoms with van der Waals surface area (Å²) in [5, 5.41) is 4.36. The molecule has 7 nitrogen and oxygen atoms in total. The normalized spacial score (nSPS) is 10.9. The summed E-state index contributed by atoms with van der Waals surface area (Å²) in [6.07, 6.45) is 0.811. The lowest BCUT2D eigenvalue weighted by atomic mass is 10.1. The summed E-state index contributed by atoms with van der Waals surface area (Å²) >= 11 is 0. The topological polar surface area (TPSA) is 93.6 Å². The standard InChI is InChI=1S/C20H23N5O2/c1-14-12-19-22-17(13-15(2)25(19)23-14)20(27)24(11-9-18(21)26)10-8-16-6-4-3-5-7-16/h3-7,12-13H,8-11H2,1-2H3,(H2,21,26). The van der Waals surface area contributed by atoms with Crippen molar-refractivity contribution in [3.63, 3.8) is 0 Å². The van der Waals surface area contributed by atoms with Crippen LogP contribution in [0.3, 0.4) is 0 Å². The van der Waals surface area contributed by atoms with Crippen LogP contribution in [0, 0.1) is 13.8 Å². The predicted octanol–water partition coefficient (Wildman–Crippen LogP) is 1.91. The molecule has 3 aromatic rings. The first-order valence-electron chi connectivity index (χ1n) is 8.89. The molecule has 2 amide bonds. The molecule has 2 aromatic heterocycles. The number of aryl methyl sites for hydroxylation is 2. The number of hydrogen-bond donors (Lipinski definition) is 1. The molecule has 0 aliphatic carbocycles. The Kier molecular flexibility index (Phi) is 5.49. The van der Waals surface area contributed by atoms with Crippen LogP contribution in [0.1, 0.15) is 33.9 Å². The number of hydrogen-bond acceptors (Lipinski definition) is 4. The summed E-state index contributed by atoms with van der Waals surface area (Å²) in [6.45, 7) is 4.52. The monoisotopic (exact) mass is 365 g/mol. The fraction of sp³-hybridized carbons (Fsp3) is 0.300. The van der Waals surface area contributed by atoms with E-state index in [1.54, 1.807) is 15.5 Å².